The minimum Gasteiger partial charge on any atom is -0.497 e. The van der Waals surface area contributed by atoms with Crippen LogP contribution in [0.3, 0.4) is 0 Å². The Morgan fingerprint density at radius 1 is 1.62 bits per heavy atom. The molecule has 1 rings (SSSR count). The van der Waals surface area contributed by atoms with Crippen LogP contribution < -0.4 is 10.1 Å². The van der Waals surface area contributed by atoms with Crippen LogP contribution in [0.25, 0.3) is 0 Å². The molecule has 1 aromatic carbocycles. The van der Waals surface area contributed by atoms with Crippen molar-refractivity contribution >= 4 is 27.6 Å². The van der Waals surface area contributed by atoms with Gasteiger partial charge in [-0.1, -0.05) is 6.58 Å². The fourth-order valence-corrected chi connectivity index (χ4v) is 1.43. The fraction of sp³-hybridized carbons (Fsp3) is 0.182. The first-order valence-corrected chi connectivity index (χ1v) is 5.32. The number of methoxy groups -OCH3 is 1. The van der Waals surface area contributed by atoms with Gasteiger partial charge in [-0.3, -0.25) is 0 Å². The van der Waals surface area contributed by atoms with Gasteiger partial charge in [-0.25, -0.2) is 4.79 Å². The van der Waals surface area contributed by atoms with E-state index in [0.717, 1.165) is 10.2 Å². The summed E-state index contributed by atoms with van der Waals surface area (Å²) in [7, 11) is 1.57. The van der Waals surface area contributed by atoms with Gasteiger partial charge in [0.2, 0.25) is 0 Å². The van der Waals surface area contributed by atoms with E-state index in [1.165, 1.54) is 0 Å². The number of aliphatic carboxylic acids is 1. The Morgan fingerprint density at radius 2 is 2.31 bits per heavy atom. The zero-order valence-electron chi connectivity index (χ0n) is 8.79. The van der Waals surface area contributed by atoms with Gasteiger partial charge in [0.25, 0.3) is 0 Å². The van der Waals surface area contributed by atoms with E-state index in [9.17, 15) is 4.79 Å². The number of hydrogen-bond acceptors (Lipinski definition) is 3. The van der Waals surface area contributed by atoms with E-state index in [1.807, 2.05) is 6.07 Å². The van der Waals surface area contributed by atoms with Gasteiger partial charge in [-0.15, -0.1) is 0 Å². The van der Waals surface area contributed by atoms with Crippen molar-refractivity contribution in [1.82, 2.24) is 0 Å². The third-order valence-corrected chi connectivity index (χ3v) is 2.66. The molecule has 0 saturated carbocycles. The van der Waals surface area contributed by atoms with Crippen molar-refractivity contribution in [3.63, 3.8) is 0 Å². The highest BCUT2D eigenvalue weighted by Crippen LogP contribution is 2.27. The molecular weight excluding hydrogens is 274 g/mol. The molecule has 16 heavy (non-hydrogen) atoms. The summed E-state index contributed by atoms with van der Waals surface area (Å²) in [6.07, 6.45) is 0. The Labute approximate surface area is 102 Å². The summed E-state index contributed by atoms with van der Waals surface area (Å²) in [6, 6.07) is 5.41. The third kappa shape index (κ3) is 3.27. The van der Waals surface area contributed by atoms with Gasteiger partial charge in [0.1, 0.15) is 5.75 Å². The zero-order chi connectivity index (χ0) is 12.1. The van der Waals surface area contributed by atoms with E-state index >= 15 is 0 Å². The number of rotatable bonds is 5. The van der Waals surface area contributed by atoms with E-state index in [4.69, 9.17) is 9.84 Å². The summed E-state index contributed by atoms with van der Waals surface area (Å²) in [4.78, 5) is 10.6. The summed E-state index contributed by atoms with van der Waals surface area (Å²) in [6.45, 7) is 3.61. The molecule has 0 bridgehead atoms. The standard InChI is InChI=1S/C11H12BrNO3/c1-7(11(14)15)6-13-10-5-8(16-2)3-4-9(10)12/h3-5,13H,1,6H2,2H3,(H,14,15). The average Bonchev–Trinajstić information content (AvgIpc) is 2.27. The van der Waals surface area contributed by atoms with Crippen molar-refractivity contribution in [2.45, 2.75) is 0 Å². The van der Waals surface area contributed by atoms with Crippen LogP contribution in [-0.2, 0) is 4.79 Å². The molecule has 0 heterocycles. The summed E-state index contributed by atoms with van der Waals surface area (Å²) >= 11 is 3.35. The SMILES string of the molecule is C=C(CNc1cc(OC)ccc1Br)C(=O)O. The monoisotopic (exact) mass is 285 g/mol. The number of nitrogens with one attached hydrogen (secondary N) is 1. The molecule has 86 valence electrons. The number of hydrogen-bond donors (Lipinski definition) is 2. The highest BCUT2D eigenvalue weighted by molar-refractivity contribution is 9.10. The topological polar surface area (TPSA) is 58.6 Å². The first kappa shape index (κ1) is 12.6. The van der Waals surface area contributed by atoms with Crippen LogP contribution in [0.15, 0.2) is 34.8 Å². The Morgan fingerprint density at radius 3 is 2.88 bits per heavy atom. The van der Waals surface area contributed by atoms with Gasteiger partial charge in [-0.05, 0) is 28.1 Å². The molecule has 1 aromatic rings. The van der Waals surface area contributed by atoms with Gasteiger partial charge in [0, 0.05) is 22.7 Å². The number of halogens is 1. The molecular formula is C11H12BrNO3. The molecule has 0 unspecified atom stereocenters. The van der Waals surface area contributed by atoms with Gasteiger partial charge >= 0.3 is 5.97 Å². The highest BCUT2D eigenvalue weighted by atomic mass is 79.9. The second-order valence-electron chi connectivity index (χ2n) is 3.11. The molecule has 0 fully saturated rings. The van der Waals surface area contributed by atoms with Gasteiger partial charge in [0.05, 0.1) is 12.8 Å². The molecule has 2 N–H and O–H groups in total. The lowest BCUT2D eigenvalue weighted by atomic mass is 10.2. The maximum atomic E-state index is 10.6. The number of ether oxygens (including phenoxy) is 1. The smallest absolute Gasteiger partial charge is 0.332 e. The molecule has 4 nitrogen and oxygen atoms in total. The van der Waals surface area contributed by atoms with Gasteiger partial charge in [0.15, 0.2) is 0 Å². The predicted octanol–water partition coefficient (Wildman–Crippen LogP) is 2.51. The summed E-state index contributed by atoms with van der Waals surface area (Å²) in [5.41, 5.74) is 0.872. The molecule has 0 aliphatic rings. The van der Waals surface area contributed by atoms with E-state index < -0.39 is 5.97 Å². The molecule has 0 aliphatic heterocycles. The zero-order valence-corrected chi connectivity index (χ0v) is 10.4. The van der Waals surface area contributed by atoms with Crippen molar-refractivity contribution in [3.05, 3.63) is 34.8 Å². The minimum absolute atomic E-state index is 0.106. The molecule has 0 aromatic heterocycles. The van der Waals surface area contributed by atoms with Crippen molar-refractivity contribution in [1.29, 1.82) is 0 Å². The predicted molar refractivity (Wildman–Crippen MR) is 66.0 cm³/mol. The van der Waals surface area contributed by atoms with E-state index in [2.05, 4.69) is 27.8 Å². The maximum Gasteiger partial charge on any atom is 0.332 e. The molecule has 0 aliphatic carbocycles. The molecule has 0 radical (unpaired) electrons. The summed E-state index contributed by atoms with van der Waals surface area (Å²) < 4.78 is 5.90. The Kier molecular flexibility index (Phi) is 4.37. The van der Waals surface area contributed by atoms with Gasteiger partial charge in [-0.2, -0.15) is 0 Å². The molecule has 0 saturated heterocycles. The van der Waals surface area contributed by atoms with Crippen molar-refractivity contribution in [2.24, 2.45) is 0 Å². The second kappa shape index (κ2) is 5.55. The summed E-state index contributed by atoms with van der Waals surface area (Å²) in [5.74, 6) is -0.307. The number of carbonyl (C=O) groups is 1. The quantitative estimate of drug-likeness (QED) is 0.817. The number of anilines is 1. The van der Waals surface area contributed by atoms with Crippen molar-refractivity contribution < 1.29 is 14.6 Å². The number of carboxylic acids is 1. The van der Waals surface area contributed by atoms with Crippen LogP contribution in [0.5, 0.6) is 5.75 Å². The third-order valence-electron chi connectivity index (χ3n) is 1.97. The molecule has 0 amide bonds. The van der Waals surface area contributed by atoms with Crippen LogP contribution in [0, 0.1) is 0 Å². The first-order valence-electron chi connectivity index (χ1n) is 4.53. The molecule has 0 atom stereocenters. The second-order valence-corrected chi connectivity index (χ2v) is 3.96. The van der Waals surface area contributed by atoms with Crippen LogP contribution in [0.4, 0.5) is 5.69 Å². The van der Waals surface area contributed by atoms with E-state index in [-0.39, 0.29) is 12.1 Å². The summed E-state index contributed by atoms with van der Waals surface area (Å²) in [5, 5.41) is 11.6. The van der Waals surface area contributed by atoms with Crippen molar-refractivity contribution in [3.8, 4) is 5.75 Å². The molecule has 5 heteroatoms. The van der Waals surface area contributed by atoms with Gasteiger partial charge < -0.3 is 15.2 Å². The Hall–Kier alpha value is -1.49. The van der Waals surface area contributed by atoms with E-state index in [1.54, 1.807) is 19.2 Å². The van der Waals surface area contributed by atoms with E-state index in [0.29, 0.717) is 5.75 Å². The largest absolute Gasteiger partial charge is 0.497 e. The maximum absolute atomic E-state index is 10.6. The lowest BCUT2D eigenvalue weighted by molar-refractivity contribution is -0.132. The van der Waals surface area contributed by atoms with Crippen molar-refractivity contribution in [2.75, 3.05) is 19.0 Å². The normalized spacial score (nSPS) is 9.62. The van der Waals surface area contributed by atoms with Crippen LogP contribution >= 0.6 is 15.9 Å². The van der Waals surface area contributed by atoms with Crippen LogP contribution in [0.2, 0.25) is 0 Å². The number of benzene rings is 1. The lowest BCUT2D eigenvalue weighted by Gasteiger charge is -2.10. The Bertz CT molecular complexity index is 418. The fourth-order valence-electron chi connectivity index (χ4n) is 1.04. The number of carboxylic acid groups (broad SMARTS) is 1. The molecule has 0 spiro atoms. The minimum atomic E-state index is -1.01. The van der Waals surface area contributed by atoms with Crippen LogP contribution in [-0.4, -0.2) is 24.7 Å². The average molecular weight is 286 g/mol. The first-order chi connectivity index (χ1) is 7.54. The Balaban J connectivity index is 2.73. The van der Waals surface area contributed by atoms with Crippen LogP contribution in [0.1, 0.15) is 0 Å². The highest BCUT2D eigenvalue weighted by Gasteiger charge is 2.06. The lowest BCUT2D eigenvalue weighted by Crippen LogP contribution is -2.11.